The Morgan fingerprint density at radius 2 is 1.27 bits per heavy atom. The van der Waals surface area contributed by atoms with Crippen molar-refractivity contribution in [2.45, 2.75) is 26.1 Å². The number of aliphatic hydroxyl groups excluding tert-OH is 2. The summed E-state index contributed by atoms with van der Waals surface area (Å²) in [4.78, 5) is 0. The van der Waals surface area contributed by atoms with Crippen molar-refractivity contribution in [1.82, 2.24) is 0 Å². The summed E-state index contributed by atoms with van der Waals surface area (Å²) in [6, 6.07) is 24.8. The van der Waals surface area contributed by atoms with E-state index in [0.29, 0.717) is 15.1 Å². The zero-order valence-corrected chi connectivity index (χ0v) is 22.2. The van der Waals surface area contributed by atoms with Gasteiger partial charge in [0.05, 0.1) is 13.2 Å². The van der Waals surface area contributed by atoms with E-state index >= 15 is 0 Å². The number of fused-ring (bicyclic) bond motifs is 2. The van der Waals surface area contributed by atoms with Gasteiger partial charge in [0.15, 0.2) is 0 Å². The van der Waals surface area contributed by atoms with Gasteiger partial charge in [-0.1, -0.05) is 80.7 Å². The lowest BCUT2D eigenvalue weighted by molar-refractivity contribution is 0.0957. The Morgan fingerprint density at radius 1 is 0.788 bits per heavy atom. The monoisotopic (exact) mass is 500 g/mol. The third-order valence-corrected chi connectivity index (χ3v) is 6.45. The fourth-order valence-corrected chi connectivity index (χ4v) is 4.68. The van der Waals surface area contributed by atoms with Crippen molar-refractivity contribution in [2.75, 3.05) is 13.2 Å². The minimum absolute atomic E-state index is 0.0102. The van der Waals surface area contributed by atoms with Crippen LogP contribution >= 0.6 is 26.9 Å². The van der Waals surface area contributed by atoms with Crippen molar-refractivity contribution >= 4 is 48.4 Å². The van der Waals surface area contributed by atoms with Gasteiger partial charge in [-0.25, -0.2) is 0 Å². The predicted molar refractivity (Wildman–Crippen MR) is 147 cm³/mol. The van der Waals surface area contributed by atoms with Crippen LogP contribution < -0.4 is 0 Å². The van der Waals surface area contributed by atoms with Gasteiger partial charge in [-0.15, -0.1) is 0 Å². The lowest BCUT2D eigenvalue weighted by Crippen LogP contribution is -2.04. The fourth-order valence-electron chi connectivity index (χ4n) is 3.65. The van der Waals surface area contributed by atoms with Crippen LogP contribution in [0.5, 0.6) is 0 Å². The van der Waals surface area contributed by atoms with Crippen LogP contribution in [0.25, 0.3) is 21.5 Å². The molecule has 0 amide bonds. The van der Waals surface area contributed by atoms with Gasteiger partial charge >= 0.3 is 0 Å². The lowest BCUT2D eigenvalue weighted by atomic mass is 10.0. The highest BCUT2D eigenvalue weighted by atomic mass is 32.0. The molecule has 33 heavy (non-hydrogen) atoms. The Kier molecular flexibility index (Phi) is 10.2. The number of aliphatic hydroxyl groups is 2. The standard InChI is InChI=1S/C13H17O2P3.C13H14O2/c1-9-2-3-11-7-12(5-4-10(11)6-9)13(8-14-16)15-18-17;1-9-2-3-11-7-12(13(15)8-14)5-4-10(11)6-9/h2-7,13,18H,8,16-17H2,1H3;2-7,13-15H,8H2,1H3. The second-order valence-electron chi connectivity index (χ2n) is 7.98. The molecule has 4 aromatic rings. The van der Waals surface area contributed by atoms with Crippen molar-refractivity contribution in [2.24, 2.45) is 0 Å². The summed E-state index contributed by atoms with van der Waals surface area (Å²) < 4.78 is 10.8. The maximum Gasteiger partial charge on any atom is 0.110 e. The van der Waals surface area contributed by atoms with Crippen LogP contribution in [-0.4, -0.2) is 23.4 Å². The molecule has 4 aromatic carbocycles. The van der Waals surface area contributed by atoms with E-state index in [4.69, 9.17) is 14.2 Å². The Bertz CT molecular complexity index is 1190. The third kappa shape index (κ3) is 7.25. The zero-order valence-electron chi connectivity index (χ0n) is 18.9. The zero-order chi connectivity index (χ0) is 23.8. The summed E-state index contributed by atoms with van der Waals surface area (Å²) in [6.07, 6.45) is -0.792. The van der Waals surface area contributed by atoms with Crippen molar-refractivity contribution in [3.8, 4) is 0 Å². The van der Waals surface area contributed by atoms with E-state index in [2.05, 4.69) is 74.7 Å². The van der Waals surface area contributed by atoms with Crippen molar-refractivity contribution in [1.29, 1.82) is 0 Å². The van der Waals surface area contributed by atoms with Crippen molar-refractivity contribution in [3.05, 3.63) is 95.1 Å². The summed E-state index contributed by atoms with van der Waals surface area (Å²) in [7, 11) is 5.25. The molecule has 0 aliphatic heterocycles. The van der Waals surface area contributed by atoms with E-state index in [0.717, 1.165) is 21.9 Å². The molecule has 5 unspecified atom stereocenters. The van der Waals surface area contributed by atoms with Crippen molar-refractivity contribution < 1.29 is 19.3 Å². The van der Waals surface area contributed by atoms with E-state index in [1.54, 1.807) is 0 Å². The number of rotatable bonds is 7. The van der Waals surface area contributed by atoms with Crippen LogP contribution in [0.3, 0.4) is 0 Å². The fraction of sp³-hybridized carbons (Fsp3) is 0.231. The highest BCUT2D eigenvalue weighted by Crippen LogP contribution is 2.33. The van der Waals surface area contributed by atoms with Gasteiger partial charge in [-0.05, 0) is 58.7 Å². The second kappa shape index (κ2) is 12.8. The summed E-state index contributed by atoms with van der Waals surface area (Å²) in [5.74, 6) is 0. The molecule has 5 atom stereocenters. The van der Waals surface area contributed by atoms with Crippen LogP contribution in [-0.2, 0) is 9.05 Å². The predicted octanol–water partition coefficient (Wildman–Crippen LogP) is 6.57. The van der Waals surface area contributed by atoms with Crippen LogP contribution in [0.15, 0.2) is 72.8 Å². The van der Waals surface area contributed by atoms with Crippen LogP contribution in [0.4, 0.5) is 0 Å². The molecular formula is C26H31O4P3. The first-order chi connectivity index (χ1) is 15.9. The number of aryl methyl sites for hydroxylation is 2. The first-order valence-electron chi connectivity index (χ1n) is 10.7. The molecular weight excluding hydrogens is 469 g/mol. The molecule has 4 nitrogen and oxygen atoms in total. The Balaban J connectivity index is 0.000000189. The van der Waals surface area contributed by atoms with Gasteiger partial charge < -0.3 is 19.3 Å². The molecule has 0 heterocycles. The first kappa shape index (κ1) is 26.1. The van der Waals surface area contributed by atoms with E-state index in [9.17, 15) is 5.11 Å². The molecule has 7 heteroatoms. The van der Waals surface area contributed by atoms with Crippen LogP contribution in [0, 0.1) is 13.8 Å². The molecule has 0 aliphatic rings. The maximum absolute atomic E-state index is 9.49. The van der Waals surface area contributed by atoms with Gasteiger partial charge in [-0.2, -0.15) is 0 Å². The van der Waals surface area contributed by atoms with Gasteiger partial charge in [-0.3, -0.25) is 0 Å². The SMILES string of the molecule is Cc1ccc2cc(C(COP)OPP)ccc2c1.Cc1ccc2cc(C(O)CO)ccc2c1. The topological polar surface area (TPSA) is 58.9 Å². The minimum atomic E-state index is -0.782. The van der Waals surface area contributed by atoms with E-state index in [-0.39, 0.29) is 12.7 Å². The van der Waals surface area contributed by atoms with Gasteiger partial charge in [0.2, 0.25) is 0 Å². The molecule has 0 fully saturated rings. The molecule has 2 N–H and O–H groups in total. The summed E-state index contributed by atoms with van der Waals surface area (Å²) in [5, 5.41) is 23.1. The normalized spacial score (nSPS) is 13.3. The molecule has 0 saturated carbocycles. The van der Waals surface area contributed by atoms with E-state index in [1.165, 1.54) is 21.9 Å². The van der Waals surface area contributed by atoms with Gasteiger partial charge in [0.1, 0.15) is 12.2 Å². The molecule has 4 rings (SSSR count). The first-order valence-corrected chi connectivity index (χ1v) is 13.9. The highest BCUT2D eigenvalue weighted by molar-refractivity contribution is 8.00. The number of hydrogen-bond acceptors (Lipinski definition) is 4. The Hall–Kier alpha value is -1.47. The third-order valence-electron chi connectivity index (χ3n) is 5.43. The van der Waals surface area contributed by atoms with E-state index < -0.39 is 6.10 Å². The molecule has 0 radical (unpaired) electrons. The summed E-state index contributed by atoms with van der Waals surface area (Å²) in [6.45, 7) is 4.47. The van der Waals surface area contributed by atoms with Crippen molar-refractivity contribution in [3.63, 3.8) is 0 Å². The minimum Gasteiger partial charge on any atom is -0.393 e. The average molecular weight is 500 g/mol. The Labute approximate surface area is 202 Å². The van der Waals surface area contributed by atoms with E-state index in [1.807, 2.05) is 30.3 Å². The highest BCUT2D eigenvalue weighted by Gasteiger charge is 2.12. The maximum atomic E-state index is 9.49. The molecule has 0 spiro atoms. The molecule has 0 saturated heterocycles. The van der Waals surface area contributed by atoms with Gasteiger partial charge in [0.25, 0.3) is 0 Å². The Morgan fingerprint density at radius 3 is 1.79 bits per heavy atom. The molecule has 0 aromatic heterocycles. The van der Waals surface area contributed by atoms with Gasteiger partial charge in [0, 0.05) is 18.0 Å². The smallest absolute Gasteiger partial charge is 0.110 e. The van der Waals surface area contributed by atoms with Crippen LogP contribution in [0.1, 0.15) is 34.5 Å². The number of benzene rings is 4. The molecule has 0 aliphatic carbocycles. The molecule has 0 bridgehead atoms. The average Bonchev–Trinajstić information content (AvgIpc) is 2.83. The summed E-state index contributed by atoms with van der Waals surface area (Å²) in [5.41, 5.74) is 4.42. The second-order valence-corrected chi connectivity index (χ2v) is 9.49. The number of hydrogen-bond donors (Lipinski definition) is 2. The largest absolute Gasteiger partial charge is 0.393 e. The molecule has 174 valence electrons. The van der Waals surface area contributed by atoms with Crippen LogP contribution in [0.2, 0.25) is 0 Å². The summed E-state index contributed by atoms with van der Waals surface area (Å²) >= 11 is 0. The quantitative estimate of drug-likeness (QED) is 0.282. The lowest BCUT2D eigenvalue weighted by Gasteiger charge is -2.16.